The van der Waals surface area contributed by atoms with E-state index in [1.165, 1.54) is 19.8 Å². The Hall–Kier alpha value is -1.38. The van der Waals surface area contributed by atoms with Crippen molar-refractivity contribution >= 4 is 12.0 Å². The number of carbonyl (C=O) groups is 2. The monoisotopic (exact) mass is 384 g/mol. The number of aliphatic hydroxyl groups excluding tert-OH is 1. The highest BCUT2D eigenvalue weighted by Gasteiger charge is 2.34. The van der Waals surface area contributed by atoms with E-state index in [0.717, 1.165) is 26.2 Å². The lowest BCUT2D eigenvalue weighted by Crippen LogP contribution is -2.59. The summed E-state index contributed by atoms with van der Waals surface area (Å²) in [4.78, 5) is 31.4. The SMILES string of the molecule is C[C@@H](O)[C@@H](NC(=O)OC(C)(C)C)C(=O)N1CCN(C2CCN(C)CC2)CC1. The van der Waals surface area contributed by atoms with E-state index in [9.17, 15) is 14.7 Å². The Kier molecular flexibility index (Phi) is 7.47. The molecule has 0 unspecified atom stereocenters. The lowest BCUT2D eigenvalue weighted by molar-refractivity contribution is -0.138. The molecule has 2 aliphatic heterocycles. The fourth-order valence-corrected chi connectivity index (χ4v) is 3.69. The molecule has 2 fully saturated rings. The molecule has 2 saturated heterocycles. The van der Waals surface area contributed by atoms with E-state index in [0.29, 0.717) is 19.1 Å². The molecule has 27 heavy (non-hydrogen) atoms. The quantitative estimate of drug-likeness (QED) is 0.734. The summed E-state index contributed by atoms with van der Waals surface area (Å²) >= 11 is 0. The van der Waals surface area contributed by atoms with Crippen LogP contribution in [0.15, 0.2) is 0 Å². The van der Waals surface area contributed by atoms with Crippen molar-refractivity contribution in [2.75, 3.05) is 46.3 Å². The van der Waals surface area contributed by atoms with Gasteiger partial charge in [0.2, 0.25) is 5.91 Å². The smallest absolute Gasteiger partial charge is 0.408 e. The van der Waals surface area contributed by atoms with Gasteiger partial charge in [-0.1, -0.05) is 0 Å². The zero-order valence-electron chi connectivity index (χ0n) is 17.4. The summed E-state index contributed by atoms with van der Waals surface area (Å²) in [6.07, 6.45) is 0.658. The van der Waals surface area contributed by atoms with Gasteiger partial charge < -0.3 is 25.0 Å². The molecule has 2 rings (SSSR count). The summed E-state index contributed by atoms with van der Waals surface area (Å²) in [7, 11) is 2.15. The number of amides is 2. The minimum absolute atomic E-state index is 0.251. The first-order valence-electron chi connectivity index (χ1n) is 9.96. The molecular weight excluding hydrogens is 348 g/mol. The summed E-state index contributed by atoms with van der Waals surface area (Å²) in [5.41, 5.74) is -0.657. The Morgan fingerprint density at radius 3 is 2.11 bits per heavy atom. The summed E-state index contributed by atoms with van der Waals surface area (Å²) in [6.45, 7) is 11.9. The zero-order valence-corrected chi connectivity index (χ0v) is 17.4. The van der Waals surface area contributed by atoms with Crippen molar-refractivity contribution in [1.82, 2.24) is 20.0 Å². The van der Waals surface area contributed by atoms with E-state index in [2.05, 4.69) is 22.2 Å². The Labute approximate surface area is 162 Å². The zero-order chi connectivity index (χ0) is 20.2. The second-order valence-electron chi connectivity index (χ2n) is 8.76. The normalized spacial score (nSPS) is 23.0. The van der Waals surface area contributed by atoms with Crippen LogP contribution in [0.2, 0.25) is 0 Å². The number of hydrogen-bond donors (Lipinski definition) is 2. The Balaban J connectivity index is 1.87. The maximum atomic E-state index is 12.8. The average molecular weight is 385 g/mol. The van der Waals surface area contributed by atoms with Crippen LogP contribution in [0.4, 0.5) is 4.79 Å². The van der Waals surface area contributed by atoms with Crippen LogP contribution in [-0.4, -0.2) is 102 Å². The highest BCUT2D eigenvalue weighted by atomic mass is 16.6. The first-order valence-corrected chi connectivity index (χ1v) is 9.96. The van der Waals surface area contributed by atoms with Gasteiger partial charge >= 0.3 is 6.09 Å². The molecular formula is C19H36N4O4. The molecule has 0 radical (unpaired) electrons. The molecule has 2 aliphatic rings. The average Bonchev–Trinajstić information content (AvgIpc) is 2.58. The van der Waals surface area contributed by atoms with Gasteiger partial charge in [0.15, 0.2) is 0 Å². The summed E-state index contributed by atoms with van der Waals surface area (Å²) < 4.78 is 5.22. The number of aliphatic hydroxyl groups is 1. The lowest BCUT2D eigenvalue weighted by atomic mass is 10.0. The molecule has 0 aromatic carbocycles. The van der Waals surface area contributed by atoms with Gasteiger partial charge in [-0.15, -0.1) is 0 Å². The van der Waals surface area contributed by atoms with Crippen LogP contribution in [-0.2, 0) is 9.53 Å². The molecule has 0 bridgehead atoms. The number of ether oxygens (including phenoxy) is 1. The van der Waals surface area contributed by atoms with Crippen molar-refractivity contribution in [3.05, 3.63) is 0 Å². The van der Waals surface area contributed by atoms with Crippen LogP contribution in [0.3, 0.4) is 0 Å². The minimum atomic E-state index is -0.991. The van der Waals surface area contributed by atoms with E-state index in [4.69, 9.17) is 4.74 Å². The predicted molar refractivity (Wildman–Crippen MR) is 104 cm³/mol. The van der Waals surface area contributed by atoms with Gasteiger partial charge in [0.1, 0.15) is 11.6 Å². The number of rotatable bonds is 4. The number of carbonyl (C=O) groups excluding carboxylic acids is 2. The molecule has 2 heterocycles. The number of hydrogen-bond acceptors (Lipinski definition) is 6. The van der Waals surface area contributed by atoms with Crippen LogP contribution < -0.4 is 5.32 Å². The molecule has 2 atom stereocenters. The van der Waals surface area contributed by atoms with E-state index in [-0.39, 0.29) is 5.91 Å². The van der Waals surface area contributed by atoms with Crippen LogP contribution in [0.5, 0.6) is 0 Å². The molecule has 0 aromatic rings. The van der Waals surface area contributed by atoms with Gasteiger partial charge in [-0.25, -0.2) is 4.79 Å². The van der Waals surface area contributed by atoms with E-state index in [1.54, 1.807) is 25.7 Å². The third-order valence-corrected chi connectivity index (χ3v) is 5.25. The summed E-state index contributed by atoms with van der Waals surface area (Å²) in [5, 5.41) is 12.5. The minimum Gasteiger partial charge on any atom is -0.444 e. The molecule has 2 amide bonds. The van der Waals surface area contributed by atoms with Crippen molar-refractivity contribution in [2.45, 2.75) is 64.3 Å². The third kappa shape index (κ3) is 6.62. The van der Waals surface area contributed by atoms with Gasteiger partial charge in [-0.05, 0) is 60.7 Å². The molecule has 0 spiro atoms. The van der Waals surface area contributed by atoms with Crippen molar-refractivity contribution in [3.8, 4) is 0 Å². The predicted octanol–water partition coefficient (Wildman–Crippen LogP) is 0.499. The molecule has 0 aromatic heterocycles. The van der Waals surface area contributed by atoms with Gasteiger partial charge in [0, 0.05) is 32.2 Å². The first kappa shape index (κ1) is 21.9. The summed E-state index contributed by atoms with van der Waals surface area (Å²) in [5.74, 6) is -0.251. The second kappa shape index (κ2) is 9.21. The van der Waals surface area contributed by atoms with Crippen molar-refractivity contribution in [2.24, 2.45) is 0 Å². The largest absolute Gasteiger partial charge is 0.444 e. The number of piperidine rings is 1. The topological polar surface area (TPSA) is 85.3 Å². The number of likely N-dealkylation sites (tertiary alicyclic amines) is 1. The Morgan fingerprint density at radius 2 is 1.63 bits per heavy atom. The van der Waals surface area contributed by atoms with Gasteiger partial charge in [0.05, 0.1) is 6.10 Å². The first-order chi connectivity index (χ1) is 12.6. The Bertz CT molecular complexity index is 504. The van der Waals surface area contributed by atoms with Crippen molar-refractivity contribution < 1.29 is 19.4 Å². The molecule has 8 heteroatoms. The van der Waals surface area contributed by atoms with Crippen LogP contribution in [0.25, 0.3) is 0 Å². The van der Waals surface area contributed by atoms with Gasteiger partial charge in [0.25, 0.3) is 0 Å². The van der Waals surface area contributed by atoms with Crippen molar-refractivity contribution in [3.63, 3.8) is 0 Å². The molecule has 2 N–H and O–H groups in total. The number of piperazine rings is 1. The lowest BCUT2D eigenvalue weighted by Gasteiger charge is -2.43. The van der Waals surface area contributed by atoms with Crippen molar-refractivity contribution in [1.29, 1.82) is 0 Å². The fraction of sp³-hybridized carbons (Fsp3) is 0.895. The Morgan fingerprint density at radius 1 is 1.07 bits per heavy atom. The number of nitrogens with zero attached hydrogens (tertiary/aromatic N) is 3. The van der Waals surface area contributed by atoms with Crippen LogP contribution >= 0.6 is 0 Å². The number of alkyl carbamates (subject to hydrolysis) is 1. The number of nitrogens with one attached hydrogen (secondary N) is 1. The maximum absolute atomic E-state index is 12.8. The third-order valence-electron chi connectivity index (χ3n) is 5.25. The van der Waals surface area contributed by atoms with Gasteiger partial charge in [-0.3, -0.25) is 9.69 Å². The highest BCUT2D eigenvalue weighted by molar-refractivity contribution is 5.86. The maximum Gasteiger partial charge on any atom is 0.408 e. The molecule has 8 nitrogen and oxygen atoms in total. The fourth-order valence-electron chi connectivity index (χ4n) is 3.69. The highest BCUT2D eigenvalue weighted by Crippen LogP contribution is 2.18. The molecule has 0 aliphatic carbocycles. The van der Waals surface area contributed by atoms with E-state index < -0.39 is 23.8 Å². The van der Waals surface area contributed by atoms with E-state index in [1.807, 2.05) is 0 Å². The van der Waals surface area contributed by atoms with Crippen LogP contribution in [0, 0.1) is 0 Å². The second-order valence-corrected chi connectivity index (χ2v) is 8.76. The van der Waals surface area contributed by atoms with Gasteiger partial charge in [-0.2, -0.15) is 0 Å². The van der Waals surface area contributed by atoms with E-state index >= 15 is 0 Å². The molecule has 156 valence electrons. The molecule has 0 saturated carbocycles. The standard InChI is InChI=1S/C19H36N4O4/c1-14(24)16(20-18(26)27-19(2,3)4)17(25)23-12-10-22(11-13-23)15-6-8-21(5)9-7-15/h14-16,24H,6-13H2,1-5H3,(H,20,26)/t14-,16-/m1/s1. The van der Waals surface area contributed by atoms with Crippen LogP contribution in [0.1, 0.15) is 40.5 Å². The summed E-state index contributed by atoms with van der Waals surface area (Å²) in [6, 6.07) is -0.402.